The molecule has 0 spiro atoms. The smallest absolute Gasteiger partial charge is 0.119 e. The van der Waals surface area contributed by atoms with Crippen LogP contribution < -0.4 is 0 Å². The molecule has 0 saturated heterocycles. The highest BCUT2D eigenvalue weighted by Crippen LogP contribution is 2.29. The van der Waals surface area contributed by atoms with E-state index in [0.717, 1.165) is 0 Å². The van der Waals surface area contributed by atoms with E-state index in [1.54, 1.807) is 0 Å². The molecule has 0 aromatic heterocycles. The van der Waals surface area contributed by atoms with Crippen LogP contribution in [0.25, 0.3) is 10.8 Å². The normalized spacial score (nSPS) is 14.1. The second-order valence-corrected chi connectivity index (χ2v) is 11.1. The van der Waals surface area contributed by atoms with Crippen LogP contribution in [0.4, 0.5) is 0 Å². The average molecular weight is 257 g/mol. The van der Waals surface area contributed by atoms with E-state index in [1.165, 1.54) is 16.3 Å². The van der Waals surface area contributed by atoms with Gasteiger partial charge in [-0.25, -0.2) is 0 Å². The van der Waals surface area contributed by atoms with Crippen LogP contribution in [0, 0.1) is 0 Å². The molecule has 2 aromatic carbocycles. The van der Waals surface area contributed by atoms with E-state index in [2.05, 4.69) is 80.6 Å². The Morgan fingerprint density at radius 1 is 0.944 bits per heavy atom. The Balaban J connectivity index is 2.48. The summed E-state index contributed by atoms with van der Waals surface area (Å²) in [4.78, 5) is 0. The molecular formula is C16H23NSi. The van der Waals surface area contributed by atoms with Gasteiger partial charge in [0.05, 0.1) is 0 Å². The van der Waals surface area contributed by atoms with Crippen LogP contribution in [0.2, 0.25) is 19.6 Å². The zero-order chi connectivity index (χ0) is 13.3. The van der Waals surface area contributed by atoms with Gasteiger partial charge in [-0.1, -0.05) is 62.1 Å². The predicted octanol–water partition coefficient (Wildman–Crippen LogP) is 4.67. The molecule has 2 rings (SSSR count). The summed E-state index contributed by atoms with van der Waals surface area (Å²) < 4.78 is 2.56. The molecule has 96 valence electrons. The Hall–Kier alpha value is -1.12. The van der Waals surface area contributed by atoms with Crippen LogP contribution in [0.5, 0.6) is 0 Å². The van der Waals surface area contributed by atoms with E-state index in [0.29, 0.717) is 6.04 Å². The molecule has 0 aliphatic rings. The van der Waals surface area contributed by atoms with Gasteiger partial charge in [-0.2, -0.15) is 0 Å². The molecule has 0 heterocycles. The largest absolute Gasteiger partial charge is 0.320 e. The molecular weight excluding hydrogens is 234 g/mol. The van der Waals surface area contributed by atoms with Gasteiger partial charge in [-0.05, 0) is 30.3 Å². The lowest BCUT2D eigenvalue weighted by atomic mass is 10.00. The van der Waals surface area contributed by atoms with Crippen molar-refractivity contribution in [2.75, 3.05) is 7.05 Å². The second-order valence-electron chi connectivity index (χ2n) is 6.03. The maximum Gasteiger partial charge on any atom is 0.119 e. The van der Waals surface area contributed by atoms with Gasteiger partial charge < -0.3 is 4.57 Å². The lowest BCUT2D eigenvalue weighted by molar-refractivity contribution is 0.409. The minimum Gasteiger partial charge on any atom is -0.320 e. The van der Waals surface area contributed by atoms with Gasteiger partial charge in [0.2, 0.25) is 0 Å². The van der Waals surface area contributed by atoms with Gasteiger partial charge in [0, 0.05) is 6.04 Å². The van der Waals surface area contributed by atoms with E-state index in [-0.39, 0.29) is 0 Å². The second kappa shape index (κ2) is 4.86. The van der Waals surface area contributed by atoms with E-state index in [1.807, 2.05) is 0 Å². The third-order valence-corrected chi connectivity index (χ3v) is 6.42. The fourth-order valence-corrected chi connectivity index (χ4v) is 3.71. The maximum absolute atomic E-state index is 2.56. The van der Waals surface area contributed by atoms with Crippen molar-refractivity contribution in [2.45, 2.75) is 32.6 Å². The molecule has 0 unspecified atom stereocenters. The zero-order valence-corrected chi connectivity index (χ0v) is 13.1. The first kappa shape index (κ1) is 13.3. The lowest BCUT2D eigenvalue weighted by Crippen LogP contribution is -2.44. The topological polar surface area (TPSA) is 3.24 Å². The summed E-state index contributed by atoms with van der Waals surface area (Å²) in [6.07, 6.45) is 0. The Morgan fingerprint density at radius 2 is 1.56 bits per heavy atom. The molecule has 0 fully saturated rings. The van der Waals surface area contributed by atoms with Gasteiger partial charge in [0.15, 0.2) is 0 Å². The molecule has 0 N–H and O–H groups in total. The molecule has 2 heteroatoms. The fraction of sp³-hybridized carbons (Fsp3) is 0.375. The number of benzene rings is 2. The SMILES string of the molecule is C[C@@H](c1cccc2ccccc12)N(C)[Si](C)(C)C. The van der Waals surface area contributed by atoms with E-state index in [9.17, 15) is 0 Å². The Bertz CT molecular complexity index is 537. The summed E-state index contributed by atoms with van der Waals surface area (Å²) in [6.45, 7) is 9.51. The molecule has 0 aliphatic carbocycles. The molecule has 18 heavy (non-hydrogen) atoms. The van der Waals surface area contributed by atoms with Gasteiger partial charge in [0.25, 0.3) is 0 Å². The summed E-state index contributed by atoms with van der Waals surface area (Å²) in [5.41, 5.74) is 1.44. The quantitative estimate of drug-likeness (QED) is 0.722. The molecule has 0 radical (unpaired) electrons. The first-order chi connectivity index (χ1) is 8.41. The molecule has 0 amide bonds. The summed E-state index contributed by atoms with van der Waals surface area (Å²) in [7, 11) is 1.00. The van der Waals surface area contributed by atoms with Crippen molar-refractivity contribution in [3.63, 3.8) is 0 Å². The van der Waals surface area contributed by atoms with Gasteiger partial charge in [-0.15, -0.1) is 0 Å². The molecule has 1 nitrogen and oxygen atoms in total. The number of hydrogen-bond acceptors (Lipinski definition) is 1. The Morgan fingerprint density at radius 3 is 2.22 bits per heavy atom. The Labute approximate surface area is 112 Å². The van der Waals surface area contributed by atoms with Gasteiger partial charge >= 0.3 is 0 Å². The Kier molecular flexibility index (Phi) is 3.60. The zero-order valence-electron chi connectivity index (χ0n) is 12.1. The summed E-state index contributed by atoms with van der Waals surface area (Å²) in [6, 6.07) is 15.8. The fourth-order valence-electron chi connectivity index (χ4n) is 2.40. The number of fused-ring (bicyclic) bond motifs is 1. The molecule has 0 saturated carbocycles. The van der Waals surface area contributed by atoms with Crippen LogP contribution in [0.15, 0.2) is 42.5 Å². The first-order valence-corrected chi connectivity index (χ1v) is 10.1. The van der Waals surface area contributed by atoms with Crippen molar-refractivity contribution in [3.05, 3.63) is 48.0 Å². The van der Waals surface area contributed by atoms with E-state index < -0.39 is 8.24 Å². The minimum absolute atomic E-state index is 0.475. The minimum atomic E-state index is -1.26. The third-order valence-electron chi connectivity index (χ3n) is 3.91. The molecule has 0 bridgehead atoms. The number of nitrogens with zero attached hydrogens (tertiary/aromatic N) is 1. The number of hydrogen-bond donors (Lipinski definition) is 0. The monoisotopic (exact) mass is 257 g/mol. The molecule has 0 aliphatic heterocycles. The molecule has 2 aromatic rings. The molecule has 1 atom stereocenters. The van der Waals surface area contributed by atoms with Gasteiger partial charge in [-0.3, -0.25) is 0 Å². The summed E-state index contributed by atoms with van der Waals surface area (Å²) in [5, 5.41) is 2.73. The van der Waals surface area contributed by atoms with E-state index in [4.69, 9.17) is 0 Å². The van der Waals surface area contributed by atoms with Crippen molar-refractivity contribution >= 4 is 19.0 Å². The van der Waals surface area contributed by atoms with Crippen LogP contribution in [0.1, 0.15) is 18.5 Å². The number of rotatable bonds is 3. The van der Waals surface area contributed by atoms with Gasteiger partial charge in [0.1, 0.15) is 8.24 Å². The lowest BCUT2D eigenvalue weighted by Gasteiger charge is -2.36. The van der Waals surface area contributed by atoms with Crippen LogP contribution in [-0.4, -0.2) is 19.8 Å². The van der Waals surface area contributed by atoms with Crippen LogP contribution in [-0.2, 0) is 0 Å². The van der Waals surface area contributed by atoms with Crippen molar-refractivity contribution < 1.29 is 0 Å². The highest BCUT2D eigenvalue weighted by molar-refractivity contribution is 6.73. The summed E-state index contributed by atoms with van der Waals surface area (Å²) >= 11 is 0. The first-order valence-electron chi connectivity index (χ1n) is 6.62. The van der Waals surface area contributed by atoms with Crippen molar-refractivity contribution in [1.29, 1.82) is 0 Å². The van der Waals surface area contributed by atoms with Crippen LogP contribution >= 0.6 is 0 Å². The predicted molar refractivity (Wildman–Crippen MR) is 83.5 cm³/mol. The summed E-state index contributed by atoms with van der Waals surface area (Å²) in [5.74, 6) is 0. The highest BCUT2D eigenvalue weighted by atomic mass is 28.3. The standard InChI is InChI=1S/C16H23NSi/c1-13(17(2)18(3,4)5)15-12-8-10-14-9-6-7-11-16(14)15/h6-13H,1-5H3/t13-/m0/s1. The van der Waals surface area contributed by atoms with Crippen molar-refractivity contribution in [2.24, 2.45) is 0 Å². The van der Waals surface area contributed by atoms with Crippen LogP contribution in [0.3, 0.4) is 0 Å². The van der Waals surface area contributed by atoms with E-state index >= 15 is 0 Å². The third kappa shape index (κ3) is 2.50. The van der Waals surface area contributed by atoms with Crippen molar-refractivity contribution in [3.8, 4) is 0 Å². The maximum atomic E-state index is 2.56. The highest BCUT2D eigenvalue weighted by Gasteiger charge is 2.25. The average Bonchev–Trinajstić information content (AvgIpc) is 2.35. The van der Waals surface area contributed by atoms with Crippen molar-refractivity contribution in [1.82, 2.24) is 4.57 Å².